The number of hydrogen-bond acceptors (Lipinski definition) is 3. The molecule has 0 aliphatic heterocycles. The fourth-order valence-electron chi connectivity index (χ4n) is 1.27. The Hall–Kier alpha value is -1.85. The lowest BCUT2D eigenvalue weighted by molar-refractivity contribution is -0.137. The van der Waals surface area contributed by atoms with Crippen LogP contribution in [0.5, 0.6) is 0 Å². The lowest BCUT2D eigenvalue weighted by Gasteiger charge is -2.08. The van der Waals surface area contributed by atoms with Crippen LogP contribution in [-0.4, -0.2) is 9.97 Å². The van der Waals surface area contributed by atoms with Crippen LogP contribution in [0.15, 0.2) is 28.9 Å². The zero-order valence-corrected chi connectivity index (χ0v) is 8.25. The molecule has 3 nitrogen and oxygen atoms in total. The van der Waals surface area contributed by atoms with Gasteiger partial charge in [0.2, 0.25) is 5.89 Å². The van der Waals surface area contributed by atoms with Gasteiger partial charge in [-0.05, 0) is 19.1 Å². The minimum atomic E-state index is -4.47. The van der Waals surface area contributed by atoms with E-state index < -0.39 is 11.7 Å². The topological polar surface area (TPSA) is 38.9 Å². The van der Waals surface area contributed by atoms with Gasteiger partial charge < -0.3 is 4.42 Å². The van der Waals surface area contributed by atoms with Gasteiger partial charge in [0.05, 0.1) is 11.8 Å². The van der Waals surface area contributed by atoms with Gasteiger partial charge in [0.1, 0.15) is 11.5 Å². The Bertz CT molecular complexity index is 505. The van der Waals surface area contributed by atoms with E-state index in [1.54, 1.807) is 6.92 Å². The number of hydrogen-bond donors (Lipinski definition) is 0. The molecule has 0 bridgehead atoms. The van der Waals surface area contributed by atoms with Crippen molar-refractivity contribution in [2.75, 3.05) is 0 Å². The molecule has 0 saturated heterocycles. The molecule has 0 atom stereocenters. The third-order valence-corrected chi connectivity index (χ3v) is 1.94. The summed E-state index contributed by atoms with van der Waals surface area (Å²) in [6, 6.07) is 2.17. The highest BCUT2D eigenvalue weighted by molar-refractivity contribution is 5.53. The monoisotopic (exact) mass is 228 g/mol. The average molecular weight is 228 g/mol. The molecule has 0 spiro atoms. The van der Waals surface area contributed by atoms with E-state index in [4.69, 9.17) is 4.42 Å². The molecule has 0 fully saturated rings. The number of rotatable bonds is 1. The van der Waals surface area contributed by atoms with Gasteiger partial charge in [-0.3, -0.25) is 4.98 Å². The Morgan fingerprint density at radius 1 is 1.25 bits per heavy atom. The first-order valence-corrected chi connectivity index (χ1v) is 4.43. The lowest BCUT2D eigenvalue weighted by atomic mass is 10.2. The number of aryl methyl sites for hydroxylation is 1. The highest BCUT2D eigenvalue weighted by atomic mass is 19.4. The molecule has 84 valence electrons. The van der Waals surface area contributed by atoms with Gasteiger partial charge >= 0.3 is 6.18 Å². The molecular weight excluding hydrogens is 221 g/mol. The van der Waals surface area contributed by atoms with Gasteiger partial charge in [0, 0.05) is 6.20 Å². The highest BCUT2D eigenvalue weighted by Gasteiger charge is 2.35. The zero-order chi connectivity index (χ0) is 11.8. The smallest absolute Gasteiger partial charge is 0.418 e. The summed E-state index contributed by atoms with van der Waals surface area (Å²) >= 11 is 0. The SMILES string of the molecule is Cc1cnc(-c2ncccc2C(F)(F)F)o1. The molecule has 0 radical (unpaired) electrons. The maximum Gasteiger partial charge on any atom is 0.418 e. The first-order chi connectivity index (χ1) is 7.48. The Morgan fingerprint density at radius 2 is 2.00 bits per heavy atom. The second-order valence-corrected chi connectivity index (χ2v) is 3.17. The van der Waals surface area contributed by atoms with Crippen molar-refractivity contribution in [2.45, 2.75) is 13.1 Å². The summed E-state index contributed by atoms with van der Waals surface area (Å²) in [6.07, 6.45) is -1.85. The second kappa shape index (κ2) is 3.62. The summed E-state index contributed by atoms with van der Waals surface area (Å²) in [5, 5.41) is 0. The standard InChI is InChI=1S/C10H7F3N2O/c1-6-5-15-9(16-6)8-7(10(11,12)13)3-2-4-14-8/h2-5H,1H3. The fourth-order valence-corrected chi connectivity index (χ4v) is 1.27. The molecule has 0 N–H and O–H groups in total. The summed E-state index contributed by atoms with van der Waals surface area (Å²) in [4.78, 5) is 7.38. The molecule has 2 aromatic heterocycles. The van der Waals surface area contributed by atoms with Gasteiger partial charge in [-0.2, -0.15) is 13.2 Å². The third-order valence-electron chi connectivity index (χ3n) is 1.94. The number of nitrogens with zero attached hydrogens (tertiary/aromatic N) is 2. The van der Waals surface area contributed by atoms with Crippen LogP contribution in [0.1, 0.15) is 11.3 Å². The molecule has 16 heavy (non-hydrogen) atoms. The van der Waals surface area contributed by atoms with E-state index in [2.05, 4.69) is 9.97 Å². The van der Waals surface area contributed by atoms with E-state index in [0.29, 0.717) is 5.76 Å². The summed E-state index contributed by atoms with van der Waals surface area (Å²) < 4.78 is 42.9. The quantitative estimate of drug-likeness (QED) is 0.752. The predicted molar refractivity (Wildman–Crippen MR) is 49.5 cm³/mol. The maximum atomic E-state index is 12.6. The van der Waals surface area contributed by atoms with Gasteiger partial charge in [-0.1, -0.05) is 0 Å². The molecule has 0 amide bonds. The van der Waals surface area contributed by atoms with E-state index in [1.165, 1.54) is 18.5 Å². The lowest BCUT2D eigenvalue weighted by Crippen LogP contribution is -2.08. The first-order valence-electron chi connectivity index (χ1n) is 4.43. The van der Waals surface area contributed by atoms with E-state index in [0.717, 1.165) is 6.07 Å². The molecule has 2 aromatic rings. The Balaban J connectivity index is 2.57. The van der Waals surface area contributed by atoms with Crippen molar-refractivity contribution in [2.24, 2.45) is 0 Å². The number of alkyl halides is 3. The van der Waals surface area contributed by atoms with Crippen LogP contribution in [0.3, 0.4) is 0 Å². The number of pyridine rings is 1. The summed E-state index contributed by atoms with van der Waals surface area (Å²) in [5.41, 5.74) is -1.14. The van der Waals surface area contributed by atoms with Gasteiger partial charge in [0.25, 0.3) is 0 Å². The van der Waals surface area contributed by atoms with E-state index in [1.807, 2.05) is 0 Å². The highest BCUT2D eigenvalue weighted by Crippen LogP contribution is 2.35. The predicted octanol–water partition coefficient (Wildman–Crippen LogP) is 3.06. The zero-order valence-electron chi connectivity index (χ0n) is 8.25. The van der Waals surface area contributed by atoms with E-state index in [-0.39, 0.29) is 11.6 Å². The van der Waals surface area contributed by atoms with Crippen LogP contribution < -0.4 is 0 Å². The molecule has 0 saturated carbocycles. The molecule has 0 aromatic carbocycles. The van der Waals surface area contributed by atoms with E-state index >= 15 is 0 Å². The minimum absolute atomic E-state index is 0.120. The number of aromatic nitrogens is 2. The Morgan fingerprint density at radius 3 is 2.56 bits per heavy atom. The van der Waals surface area contributed by atoms with E-state index in [9.17, 15) is 13.2 Å². The van der Waals surface area contributed by atoms with Gasteiger partial charge in [0.15, 0.2) is 0 Å². The van der Waals surface area contributed by atoms with Crippen molar-refractivity contribution >= 4 is 0 Å². The summed E-state index contributed by atoms with van der Waals surface area (Å²) in [7, 11) is 0. The average Bonchev–Trinajstić information content (AvgIpc) is 2.64. The van der Waals surface area contributed by atoms with Gasteiger partial charge in [-0.25, -0.2) is 4.98 Å². The number of halogens is 3. The summed E-state index contributed by atoms with van der Waals surface area (Å²) in [6.45, 7) is 1.60. The second-order valence-electron chi connectivity index (χ2n) is 3.17. The molecular formula is C10H7F3N2O. The maximum absolute atomic E-state index is 12.6. The van der Waals surface area contributed by atoms with Crippen LogP contribution in [0.2, 0.25) is 0 Å². The van der Waals surface area contributed by atoms with Crippen molar-refractivity contribution < 1.29 is 17.6 Å². The molecule has 0 aliphatic rings. The van der Waals surface area contributed by atoms with Crippen molar-refractivity contribution in [1.29, 1.82) is 0 Å². The van der Waals surface area contributed by atoms with Crippen LogP contribution >= 0.6 is 0 Å². The van der Waals surface area contributed by atoms with Crippen molar-refractivity contribution in [3.8, 4) is 11.6 Å². The minimum Gasteiger partial charge on any atom is -0.440 e. The van der Waals surface area contributed by atoms with Crippen LogP contribution in [0, 0.1) is 6.92 Å². The normalized spacial score (nSPS) is 11.8. The van der Waals surface area contributed by atoms with Crippen molar-refractivity contribution in [3.05, 3.63) is 35.9 Å². The molecule has 2 heterocycles. The molecule has 2 rings (SSSR count). The molecule has 6 heteroatoms. The van der Waals surface area contributed by atoms with Crippen LogP contribution in [0.4, 0.5) is 13.2 Å². The largest absolute Gasteiger partial charge is 0.440 e. The van der Waals surface area contributed by atoms with Crippen LogP contribution in [0.25, 0.3) is 11.6 Å². The van der Waals surface area contributed by atoms with Gasteiger partial charge in [-0.15, -0.1) is 0 Å². The Kier molecular flexibility index (Phi) is 2.41. The first kappa shape index (κ1) is 10.7. The summed E-state index contributed by atoms with van der Waals surface area (Å²) in [5.74, 6) is 0.319. The van der Waals surface area contributed by atoms with Crippen molar-refractivity contribution in [3.63, 3.8) is 0 Å². The Labute approximate surface area is 88.9 Å². The van der Waals surface area contributed by atoms with Crippen LogP contribution in [-0.2, 0) is 6.18 Å². The fraction of sp³-hybridized carbons (Fsp3) is 0.200. The molecule has 0 unspecified atom stereocenters. The van der Waals surface area contributed by atoms with Crippen molar-refractivity contribution in [1.82, 2.24) is 9.97 Å². The third kappa shape index (κ3) is 1.91. The molecule has 0 aliphatic carbocycles. The number of oxazole rings is 1.